The first-order chi connectivity index (χ1) is 8.11. The Bertz CT molecular complexity index is 241. The molecule has 0 aromatic rings. The molecule has 1 fully saturated rings. The number of rotatable bonds is 7. The first-order valence-corrected chi connectivity index (χ1v) is 6.56. The lowest BCUT2D eigenvalue weighted by Crippen LogP contribution is -2.50. The van der Waals surface area contributed by atoms with Crippen LogP contribution >= 0.6 is 0 Å². The maximum atomic E-state index is 11.6. The fourth-order valence-corrected chi connectivity index (χ4v) is 2.36. The highest BCUT2D eigenvalue weighted by Crippen LogP contribution is 2.28. The topological polar surface area (TPSA) is 49.8 Å². The standard InChI is InChI=1S/C13H25NO3/c1-10(13(16)17-3)11(2)14(8-5-9-15)12-6-4-7-12/h10-12,15H,4-9H2,1-3H3. The Hall–Kier alpha value is -0.610. The van der Waals surface area contributed by atoms with Crippen molar-refractivity contribution in [3.05, 3.63) is 0 Å². The van der Waals surface area contributed by atoms with Crippen LogP contribution in [0.25, 0.3) is 0 Å². The molecule has 1 rings (SSSR count). The Morgan fingerprint density at radius 3 is 2.53 bits per heavy atom. The van der Waals surface area contributed by atoms with Gasteiger partial charge in [-0.1, -0.05) is 13.3 Å². The number of aliphatic hydroxyl groups excluding tert-OH is 1. The van der Waals surface area contributed by atoms with Gasteiger partial charge in [0.25, 0.3) is 0 Å². The number of carbonyl (C=O) groups excluding carboxylic acids is 1. The van der Waals surface area contributed by atoms with Crippen molar-refractivity contribution in [2.45, 2.75) is 51.6 Å². The molecule has 0 aliphatic heterocycles. The van der Waals surface area contributed by atoms with Gasteiger partial charge in [-0.3, -0.25) is 9.69 Å². The molecule has 4 nitrogen and oxygen atoms in total. The molecule has 0 aromatic carbocycles. The molecule has 0 radical (unpaired) electrons. The minimum atomic E-state index is -0.147. The predicted molar refractivity (Wildman–Crippen MR) is 66.7 cm³/mol. The Morgan fingerprint density at radius 2 is 2.12 bits per heavy atom. The van der Waals surface area contributed by atoms with Gasteiger partial charge >= 0.3 is 5.97 Å². The summed E-state index contributed by atoms with van der Waals surface area (Å²) in [5.74, 6) is -0.259. The number of nitrogens with zero attached hydrogens (tertiary/aromatic N) is 1. The maximum absolute atomic E-state index is 11.6. The van der Waals surface area contributed by atoms with E-state index in [1.807, 2.05) is 6.92 Å². The smallest absolute Gasteiger partial charge is 0.309 e. The monoisotopic (exact) mass is 243 g/mol. The van der Waals surface area contributed by atoms with E-state index in [9.17, 15) is 4.79 Å². The highest BCUT2D eigenvalue weighted by Gasteiger charge is 2.33. The summed E-state index contributed by atoms with van der Waals surface area (Å²) in [5, 5.41) is 8.95. The normalized spacial score (nSPS) is 19.8. The van der Waals surface area contributed by atoms with Crippen molar-refractivity contribution in [1.82, 2.24) is 4.90 Å². The molecule has 1 saturated carbocycles. The fraction of sp³-hybridized carbons (Fsp3) is 0.923. The summed E-state index contributed by atoms with van der Waals surface area (Å²) in [6.07, 6.45) is 4.47. The highest BCUT2D eigenvalue weighted by molar-refractivity contribution is 5.72. The van der Waals surface area contributed by atoms with Gasteiger partial charge in [0.2, 0.25) is 0 Å². The van der Waals surface area contributed by atoms with Crippen molar-refractivity contribution in [2.75, 3.05) is 20.3 Å². The van der Waals surface area contributed by atoms with Crippen molar-refractivity contribution in [3.8, 4) is 0 Å². The quantitative estimate of drug-likeness (QED) is 0.687. The summed E-state index contributed by atoms with van der Waals surface area (Å²) < 4.78 is 4.80. The SMILES string of the molecule is COC(=O)C(C)C(C)N(CCCO)C1CCC1. The molecule has 2 unspecified atom stereocenters. The van der Waals surface area contributed by atoms with Crippen LogP contribution in [0.2, 0.25) is 0 Å². The summed E-state index contributed by atoms with van der Waals surface area (Å²) in [5.41, 5.74) is 0. The summed E-state index contributed by atoms with van der Waals surface area (Å²) >= 11 is 0. The maximum Gasteiger partial charge on any atom is 0.309 e. The van der Waals surface area contributed by atoms with E-state index in [1.54, 1.807) is 0 Å². The van der Waals surface area contributed by atoms with Crippen LogP contribution in [0.4, 0.5) is 0 Å². The predicted octanol–water partition coefficient (Wildman–Crippen LogP) is 1.42. The number of hydrogen-bond acceptors (Lipinski definition) is 4. The molecule has 0 heterocycles. The average molecular weight is 243 g/mol. The lowest BCUT2D eigenvalue weighted by Gasteiger charge is -2.42. The minimum Gasteiger partial charge on any atom is -0.469 e. The molecule has 0 amide bonds. The van der Waals surface area contributed by atoms with E-state index in [0.29, 0.717) is 6.04 Å². The molecule has 100 valence electrons. The lowest BCUT2D eigenvalue weighted by molar-refractivity contribution is -0.147. The minimum absolute atomic E-state index is 0.112. The van der Waals surface area contributed by atoms with Crippen molar-refractivity contribution in [1.29, 1.82) is 0 Å². The number of esters is 1. The van der Waals surface area contributed by atoms with Crippen LogP contribution in [-0.2, 0) is 9.53 Å². The van der Waals surface area contributed by atoms with E-state index in [1.165, 1.54) is 26.4 Å². The van der Waals surface area contributed by atoms with Crippen molar-refractivity contribution in [3.63, 3.8) is 0 Å². The molecule has 0 saturated heterocycles. The van der Waals surface area contributed by atoms with E-state index < -0.39 is 0 Å². The first-order valence-electron chi connectivity index (χ1n) is 6.56. The third-order valence-electron chi connectivity index (χ3n) is 3.94. The van der Waals surface area contributed by atoms with Crippen LogP contribution in [0.3, 0.4) is 0 Å². The van der Waals surface area contributed by atoms with Gasteiger partial charge < -0.3 is 9.84 Å². The van der Waals surface area contributed by atoms with Crippen molar-refractivity contribution >= 4 is 5.97 Å². The summed E-state index contributed by atoms with van der Waals surface area (Å²) in [6, 6.07) is 0.767. The number of hydrogen-bond donors (Lipinski definition) is 1. The van der Waals surface area contributed by atoms with Gasteiger partial charge in [-0.05, 0) is 26.2 Å². The summed E-state index contributed by atoms with van der Waals surface area (Å²) in [4.78, 5) is 13.9. The van der Waals surface area contributed by atoms with E-state index in [0.717, 1.165) is 13.0 Å². The summed E-state index contributed by atoms with van der Waals surface area (Å²) in [6.45, 7) is 5.07. The number of carbonyl (C=O) groups is 1. The van der Waals surface area contributed by atoms with E-state index in [2.05, 4.69) is 11.8 Å². The zero-order valence-electron chi connectivity index (χ0n) is 11.2. The molecular weight excluding hydrogens is 218 g/mol. The zero-order valence-corrected chi connectivity index (χ0v) is 11.2. The van der Waals surface area contributed by atoms with Gasteiger partial charge in [-0.15, -0.1) is 0 Å². The Balaban J connectivity index is 2.57. The molecule has 1 aliphatic carbocycles. The second-order valence-electron chi connectivity index (χ2n) is 4.95. The van der Waals surface area contributed by atoms with Crippen LogP contribution in [0.1, 0.15) is 39.5 Å². The molecule has 1 N–H and O–H groups in total. The van der Waals surface area contributed by atoms with E-state index in [-0.39, 0.29) is 24.5 Å². The van der Waals surface area contributed by atoms with Gasteiger partial charge in [-0.25, -0.2) is 0 Å². The van der Waals surface area contributed by atoms with Gasteiger partial charge in [0.1, 0.15) is 0 Å². The number of ether oxygens (including phenoxy) is 1. The second-order valence-corrected chi connectivity index (χ2v) is 4.95. The Morgan fingerprint density at radius 1 is 1.47 bits per heavy atom. The molecule has 17 heavy (non-hydrogen) atoms. The third kappa shape index (κ3) is 3.68. The first kappa shape index (κ1) is 14.5. The average Bonchev–Trinajstić information content (AvgIpc) is 2.28. The largest absolute Gasteiger partial charge is 0.469 e. The van der Waals surface area contributed by atoms with Crippen LogP contribution in [0.15, 0.2) is 0 Å². The van der Waals surface area contributed by atoms with Gasteiger partial charge in [0.15, 0.2) is 0 Å². The number of aliphatic hydroxyl groups is 1. The summed E-state index contributed by atoms with van der Waals surface area (Å²) in [7, 11) is 1.44. The van der Waals surface area contributed by atoms with Gasteiger partial charge in [-0.2, -0.15) is 0 Å². The van der Waals surface area contributed by atoms with Crippen LogP contribution in [-0.4, -0.2) is 48.3 Å². The third-order valence-corrected chi connectivity index (χ3v) is 3.94. The second kappa shape index (κ2) is 6.97. The fourth-order valence-electron chi connectivity index (χ4n) is 2.36. The molecule has 4 heteroatoms. The number of methoxy groups -OCH3 is 1. The molecule has 2 atom stereocenters. The van der Waals surface area contributed by atoms with Crippen LogP contribution < -0.4 is 0 Å². The van der Waals surface area contributed by atoms with Crippen molar-refractivity contribution < 1.29 is 14.6 Å². The molecule has 0 aromatic heterocycles. The molecule has 0 spiro atoms. The molecular formula is C13H25NO3. The highest BCUT2D eigenvalue weighted by atomic mass is 16.5. The Labute approximate surface area is 104 Å². The van der Waals surface area contributed by atoms with E-state index >= 15 is 0 Å². The van der Waals surface area contributed by atoms with Crippen LogP contribution in [0, 0.1) is 5.92 Å². The zero-order chi connectivity index (χ0) is 12.8. The van der Waals surface area contributed by atoms with E-state index in [4.69, 9.17) is 9.84 Å². The molecule has 0 bridgehead atoms. The Kier molecular flexibility index (Phi) is 5.92. The van der Waals surface area contributed by atoms with Crippen LogP contribution in [0.5, 0.6) is 0 Å². The lowest BCUT2D eigenvalue weighted by atomic mass is 9.88. The molecule has 1 aliphatic rings. The van der Waals surface area contributed by atoms with Crippen molar-refractivity contribution in [2.24, 2.45) is 5.92 Å². The van der Waals surface area contributed by atoms with Gasteiger partial charge in [0, 0.05) is 25.2 Å². The van der Waals surface area contributed by atoms with Gasteiger partial charge in [0.05, 0.1) is 13.0 Å².